The summed E-state index contributed by atoms with van der Waals surface area (Å²) in [6.07, 6.45) is 0. The van der Waals surface area contributed by atoms with Gasteiger partial charge in [-0.1, -0.05) is 11.6 Å². The number of fused-ring (bicyclic) bond motifs is 1. The zero-order valence-electron chi connectivity index (χ0n) is 7.72. The van der Waals surface area contributed by atoms with E-state index in [-0.39, 0.29) is 5.82 Å². The zero-order chi connectivity index (χ0) is 10.3. The summed E-state index contributed by atoms with van der Waals surface area (Å²) in [6.45, 7) is 0.319. The van der Waals surface area contributed by atoms with Crippen molar-refractivity contribution in [1.82, 2.24) is 4.57 Å². The average molecular weight is 213 g/mol. The highest BCUT2D eigenvalue weighted by molar-refractivity contribution is 6.32. The molecule has 0 spiro atoms. The van der Waals surface area contributed by atoms with Gasteiger partial charge >= 0.3 is 0 Å². The molecule has 1 aromatic carbocycles. The van der Waals surface area contributed by atoms with Gasteiger partial charge in [0.25, 0.3) is 0 Å². The second-order valence-corrected chi connectivity index (χ2v) is 3.55. The van der Waals surface area contributed by atoms with Crippen LogP contribution in [0.2, 0.25) is 5.15 Å². The van der Waals surface area contributed by atoms with Gasteiger partial charge in [-0.05, 0) is 18.2 Å². The van der Waals surface area contributed by atoms with Crippen LogP contribution in [-0.2, 0) is 13.6 Å². The molecule has 0 atom stereocenters. The number of hydrogen-bond acceptors (Lipinski definition) is 1. The van der Waals surface area contributed by atoms with Crippen molar-refractivity contribution < 1.29 is 4.39 Å². The van der Waals surface area contributed by atoms with E-state index in [0.717, 1.165) is 16.5 Å². The predicted octanol–water partition coefficient (Wildman–Crippen LogP) is 2.43. The molecule has 74 valence electrons. The predicted molar refractivity (Wildman–Crippen MR) is 55.8 cm³/mol. The van der Waals surface area contributed by atoms with E-state index in [1.807, 2.05) is 7.05 Å². The first-order chi connectivity index (χ1) is 6.65. The molecule has 0 radical (unpaired) electrons. The smallest absolute Gasteiger partial charge is 0.123 e. The molecule has 2 rings (SSSR count). The molecule has 2 nitrogen and oxygen atoms in total. The second kappa shape index (κ2) is 3.26. The van der Waals surface area contributed by atoms with Crippen molar-refractivity contribution in [1.29, 1.82) is 0 Å². The van der Waals surface area contributed by atoms with E-state index in [0.29, 0.717) is 11.7 Å². The lowest BCUT2D eigenvalue weighted by atomic mass is 10.2. The Hall–Kier alpha value is -1.06. The van der Waals surface area contributed by atoms with Crippen molar-refractivity contribution in [3.05, 3.63) is 34.7 Å². The molecule has 0 aliphatic heterocycles. The number of aromatic nitrogens is 1. The maximum Gasteiger partial charge on any atom is 0.123 e. The summed E-state index contributed by atoms with van der Waals surface area (Å²) in [6, 6.07) is 4.58. The first-order valence-corrected chi connectivity index (χ1v) is 4.65. The first kappa shape index (κ1) is 9.49. The Balaban J connectivity index is 2.89. The molecule has 0 saturated heterocycles. The summed E-state index contributed by atoms with van der Waals surface area (Å²) < 4.78 is 14.8. The second-order valence-electron chi connectivity index (χ2n) is 3.19. The van der Waals surface area contributed by atoms with Crippen LogP contribution in [0.25, 0.3) is 10.9 Å². The Morgan fingerprint density at radius 3 is 2.86 bits per heavy atom. The van der Waals surface area contributed by atoms with Crippen molar-refractivity contribution >= 4 is 22.5 Å². The Kier molecular flexibility index (Phi) is 2.21. The number of benzene rings is 1. The van der Waals surface area contributed by atoms with Crippen LogP contribution in [0.15, 0.2) is 18.2 Å². The summed E-state index contributed by atoms with van der Waals surface area (Å²) in [5.41, 5.74) is 7.25. The van der Waals surface area contributed by atoms with E-state index in [2.05, 4.69) is 0 Å². The standard InChI is InChI=1S/C10H10ClFN2/c1-14-9-3-2-6(12)4-7(9)8(5-13)10(14)11/h2-4H,5,13H2,1H3. The minimum absolute atomic E-state index is 0.269. The third-order valence-electron chi connectivity index (χ3n) is 2.39. The molecule has 0 saturated carbocycles. The van der Waals surface area contributed by atoms with Crippen LogP contribution in [0.3, 0.4) is 0 Å². The first-order valence-electron chi connectivity index (χ1n) is 4.27. The number of nitrogens with zero attached hydrogens (tertiary/aromatic N) is 1. The van der Waals surface area contributed by atoms with Gasteiger partial charge in [-0.25, -0.2) is 4.39 Å². The number of rotatable bonds is 1. The van der Waals surface area contributed by atoms with Crippen LogP contribution in [0.1, 0.15) is 5.56 Å². The Morgan fingerprint density at radius 1 is 1.50 bits per heavy atom. The van der Waals surface area contributed by atoms with Crippen molar-refractivity contribution in [2.45, 2.75) is 6.54 Å². The van der Waals surface area contributed by atoms with Crippen LogP contribution >= 0.6 is 11.6 Å². The molecule has 0 amide bonds. The van der Waals surface area contributed by atoms with Crippen molar-refractivity contribution in [2.24, 2.45) is 12.8 Å². The summed E-state index contributed by atoms with van der Waals surface area (Å²) in [7, 11) is 1.84. The number of nitrogens with two attached hydrogens (primary N) is 1. The molecular formula is C10H10ClFN2. The lowest BCUT2D eigenvalue weighted by molar-refractivity contribution is 0.629. The van der Waals surface area contributed by atoms with Crippen LogP contribution in [0.4, 0.5) is 4.39 Å². The van der Waals surface area contributed by atoms with E-state index in [9.17, 15) is 4.39 Å². The van der Waals surface area contributed by atoms with E-state index < -0.39 is 0 Å². The van der Waals surface area contributed by atoms with Crippen molar-refractivity contribution in [2.75, 3.05) is 0 Å². The van der Waals surface area contributed by atoms with E-state index in [1.165, 1.54) is 12.1 Å². The molecular weight excluding hydrogens is 203 g/mol. The maximum atomic E-state index is 13.0. The highest BCUT2D eigenvalue weighted by Gasteiger charge is 2.12. The van der Waals surface area contributed by atoms with Crippen LogP contribution in [0, 0.1) is 5.82 Å². The summed E-state index contributed by atoms with van der Waals surface area (Å²) >= 11 is 6.05. The Morgan fingerprint density at radius 2 is 2.21 bits per heavy atom. The topological polar surface area (TPSA) is 30.9 Å². The third-order valence-corrected chi connectivity index (χ3v) is 2.87. The van der Waals surface area contributed by atoms with Gasteiger partial charge in [0, 0.05) is 30.1 Å². The molecule has 1 aromatic heterocycles. The number of hydrogen-bond donors (Lipinski definition) is 1. The van der Waals surface area contributed by atoms with Gasteiger partial charge in [-0.15, -0.1) is 0 Å². The molecule has 0 bridgehead atoms. The van der Waals surface area contributed by atoms with Crippen LogP contribution in [-0.4, -0.2) is 4.57 Å². The molecule has 14 heavy (non-hydrogen) atoms. The quantitative estimate of drug-likeness (QED) is 0.774. The van der Waals surface area contributed by atoms with Gasteiger partial charge < -0.3 is 10.3 Å². The van der Waals surface area contributed by atoms with Crippen LogP contribution < -0.4 is 5.73 Å². The minimum atomic E-state index is -0.269. The fraction of sp³-hybridized carbons (Fsp3) is 0.200. The lowest BCUT2D eigenvalue weighted by Gasteiger charge is -1.95. The molecule has 1 heterocycles. The van der Waals surface area contributed by atoms with Gasteiger partial charge in [-0.3, -0.25) is 0 Å². The van der Waals surface area contributed by atoms with Gasteiger partial charge in [0.1, 0.15) is 11.0 Å². The Bertz CT molecular complexity index is 490. The van der Waals surface area contributed by atoms with E-state index in [4.69, 9.17) is 17.3 Å². The maximum absolute atomic E-state index is 13.0. The average Bonchev–Trinajstić information content (AvgIpc) is 2.39. The van der Waals surface area contributed by atoms with Crippen LogP contribution in [0.5, 0.6) is 0 Å². The molecule has 2 N–H and O–H groups in total. The normalized spacial score (nSPS) is 11.1. The van der Waals surface area contributed by atoms with E-state index >= 15 is 0 Å². The molecule has 0 aliphatic carbocycles. The summed E-state index contributed by atoms with van der Waals surface area (Å²) in [5, 5.41) is 1.37. The van der Waals surface area contributed by atoms with Gasteiger partial charge in [-0.2, -0.15) is 0 Å². The monoisotopic (exact) mass is 212 g/mol. The molecule has 0 unspecified atom stereocenters. The minimum Gasteiger partial charge on any atom is -0.334 e. The summed E-state index contributed by atoms with van der Waals surface area (Å²) in [4.78, 5) is 0. The molecule has 0 fully saturated rings. The summed E-state index contributed by atoms with van der Waals surface area (Å²) in [5.74, 6) is -0.269. The van der Waals surface area contributed by atoms with Crippen molar-refractivity contribution in [3.8, 4) is 0 Å². The van der Waals surface area contributed by atoms with E-state index in [1.54, 1.807) is 10.6 Å². The third kappa shape index (κ3) is 1.21. The van der Waals surface area contributed by atoms with Gasteiger partial charge in [0.05, 0.1) is 0 Å². The molecule has 4 heteroatoms. The lowest BCUT2D eigenvalue weighted by Crippen LogP contribution is -1.96. The Labute approximate surface area is 86.1 Å². The largest absolute Gasteiger partial charge is 0.334 e. The fourth-order valence-electron chi connectivity index (χ4n) is 1.66. The number of aryl methyl sites for hydroxylation is 1. The molecule has 0 aliphatic rings. The fourth-order valence-corrected chi connectivity index (χ4v) is 1.93. The highest BCUT2D eigenvalue weighted by Crippen LogP contribution is 2.28. The molecule has 2 aromatic rings. The van der Waals surface area contributed by atoms with Gasteiger partial charge in [0.15, 0.2) is 0 Å². The SMILES string of the molecule is Cn1c(Cl)c(CN)c2cc(F)ccc21. The van der Waals surface area contributed by atoms with Crippen molar-refractivity contribution in [3.63, 3.8) is 0 Å². The highest BCUT2D eigenvalue weighted by atomic mass is 35.5. The zero-order valence-corrected chi connectivity index (χ0v) is 8.48. The number of halogens is 2. The van der Waals surface area contributed by atoms with Gasteiger partial charge in [0.2, 0.25) is 0 Å².